The van der Waals surface area contributed by atoms with E-state index in [4.69, 9.17) is 10.00 Å². The lowest BCUT2D eigenvalue weighted by atomic mass is 10.2. The van der Waals surface area contributed by atoms with Gasteiger partial charge >= 0.3 is 6.09 Å². The molecule has 6 nitrogen and oxygen atoms in total. The summed E-state index contributed by atoms with van der Waals surface area (Å²) in [6, 6.07) is 10.9. The van der Waals surface area contributed by atoms with E-state index in [0.717, 1.165) is 11.3 Å². The van der Waals surface area contributed by atoms with E-state index in [1.807, 2.05) is 36.4 Å². The van der Waals surface area contributed by atoms with Gasteiger partial charge in [-0.15, -0.1) is 0 Å². The van der Waals surface area contributed by atoms with Gasteiger partial charge in [-0.1, -0.05) is 30.3 Å². The van der Waals surface area contributed by atoms with Crippen LogP contribution in [0.3, 0.4) is 0 Å². The van der Waals surface area contributed by atoms with Gasteiger partial charge in [0, 0.05) is 11.5 Å². The number of carbonyl (C=O) groups excluding carboxylic acids is 2. The predicted octanol–water partition coefficient (Wildman–Crippen LogP) is 2.45. The van der Waals surface area contributed by atoms with Crippen LogP contribution in [0, 0.1) is 11.3 Å². The van der Waals surface area contributed by atoms with Crippen LogP contribution in [0.1, 0.15) is 26.3 Å². The minimum atomic E-state index is -0.762. The Morgan fingerprint density at radius 2 is 1.96 bits per heavy atom. The molecule has 130 valence electrons. The number of nitriles is 1. The largest absolute Gasteiger partial charge is 0.444 e. The van der Waals surface area contributed by atoms with E-state index < -0.39 is 23.6 Å². The average Bonchev–Trinajstić information content (AvgIpc) is 2.51. The first-order valence-electron chi connectivity index (χ1n) is 7.57. The Bertz CT molecular complexity index is 579. The first-order valence-corrected chi connectivity index (χ1v) is 8.73. The third-order valence-electron chi connectivity index (χ3n) is 2.75. The molecule has 0 heterocycles. The summed E-state index contributed by atoms with van der Waals surface area (Å²) in [6.07, 6.45) is -0.653. The Kier molecular flexibility index (Phi) is 8.13. The molecule has 1 aromatic rings. The normalized spacial score (nSPS) is 11.9. The number of rotatable bonds is 7. The molecule has 1 rings (SSSR count). The molecule has 0 aliphatic rings. The van der Waals surface area contributed by atoms with E-state index in [-0.39, 0.29) is 6.54 Å². The summed E-state index contributed by atoms with van der Waals surface area (Å²) in [4.78, 5) is 24.0. The smallest absolute Gasteiger partial charge is 0.408 e. The van der Waals surface area contributed by atoms with Crippen molar-refractivity contribution in [2.45, 2.75) is 38.2 Å². The number of ether oxygens (including phenoxy) is 1. The Hall–Kier alpha value is -2.20. The highest BCUT2D eigenvalue weighted by molar-refractivity contribution is 7.98. The first kappa shape index (κ1) is 19.8. The van der Waals surface area contributed by atoms with Gasteiger partial charge in [-0.3, -0.25) is 4.79 Å². The summed E-state index contributed by atoms with van der Waals surface area (Å²) in [5, 5.41) is 13.6. The molecular formula is C17H23N3O3S. The second kappa shape index (κ2) is 9.83. The number of carbonyl (C=O) groups is 2. The Labute approximate surface area is 146 Å². The van der Waals surface area contributed by atoms with E-state index >= 15 is 0 Å². The maximum Gasteiger partial charge on any atom is 0.408 e. The number of nitrogens with one attached hydrogen (secondary N) is 2. The fourth-order valence-corrected chi connectivity index (χ4v) is 2.77. The monoisotopic (exact) mass is 349 g/mol. The molecule has 1 atom stereocenters. The maximum absolute atomic E-state index is 12.1. The fourth-order valence-electron chi connectivity index (χ4n) is 1.75. The molecule has 2 amide bonds. The van der Waals surface area contributed by atoms with Crippen molar-refractivity contribution >= 4 is 23.8 Å². The molecule has 2 N–H and O–H groups in total. The van der Waals surface area contributed by atoms with Gasteiger partial charge < -0.3 is 15.4 Å². The van der Waals surface area contributed by atoms with Crippen molar-refractivity contribution in [3.8, 4) is 6.07 Å². The summed E-state index contributed by atoms with van der Waals surface area (Å²) >= 11 is 1.52. The van der Waals surface area contributed by atoms with Crippen molar-refractivity contribution in [1.29, 1.82) is 5.26 Å². The molecule has 1 aromatic carbocycles. The van der Waals surface area contributed by atoms with Crippen LogP contribution in [0.15, 0.2) is 30.3 Å². The second-order valence-electron chi connectivity index (χ2n) is 6.08. The predicted molar refractivity (Wildman–Crippen MR) is 94.4 cm³/mol. The molecule has 24 heavy (non-hydrogen) atoms. The van der Waals surface area contributed by atoms with Crippen LogP contribution in [-0.2, 0) is 15.3 Å². The van der Waals surface area contributed by atoms with Gasteiger partial charge in [0.25, 0.3) is 0 Å². The number of hydrogen-bond acceptors (Lipinski definition) is 5. The molecule has 0 radical (unpaired) electrons. The zero-order valence-corrected chi connectivity index (χ0v) is 15.0. The van der Waals surface area contributed by atoms with Gasteiger partial charge in [-0.25, -0.2) is 4.79 Å². The summed E-state index contributed by atoms with van der Waals surface area (Å²) in [6.45, 7) is 5.15. The highest BCUT2D eigenvalue weighted by atomic mass is 32.2. The molecule has 0 aliphatic heterocycles. The van der Waals surface area contributed by atoms with Crippen LogP contribution in [-0.4, -0.2) is 35.9 Å². The van der Waals surface area contributed by atoms with E-state index in [1.165, 1.54) is 11.8 Å². The molecule has 0 bridgehead atoms. The number of thioether (sulfide) groups is 1. The molecule has 0 aromatic heterocycles. The zero-order valence-electron chi connectivity index (χ0n) is 14.2. The molecule has 0 spiro atoms. The lowest BCUT2D eigenvalue weighted by Crippen LogP contribution is -2.49. The maximum atomic E-state index is 12.1. The van der Waals surface area contributed by atoms with Gasteiger partial charge in [0.1, 0.15) is 18.2 Å². The minimum Gasteiger partial charge on any atom is -0.444 e. The van der Waals surface area contributed by atoms with E-state index in [1.54, 1.807) is 20.8 Å². The third-order valence-corrected chi connectivity index (χ3v) is 3.85. The molecule has 0 unspecified atom stereocenters. The molecular weight excluding hydrogens is 326 g/mol. The Balaban J connectivity index is 2.58. The van der Waals surface area contributed by atoms with Crippen LogP contribution in [0.4, 0.5) is 4.79 Å². The second-order valence-corrected chi connectivity index (χ2v) is 7.11. The van der Waals surface area contributed by atoms with Crippen molar-refractivity contribution in [2.75, 3.05) is 12.3 Å². The van der Waals surface area contributed by atoms with E-state index in [2.05, 4.69) is 10.6 Å². The quantitative estimate of drug-likeness (QED) is 0.738. The summed E-state index contributed by atoms with van der Waals surface area (Å²) < 4.78 is 5.18. The van der Waals surface area contributed by atoms with Gasteiger partial charge in [-0.05, 0) is 26.3 Å². The average molecular weight is 349 g/mol. The van der Waals surface area contributed by atoms with Gasteiger partial charge in [-0.2, -0.15) is 17.0 Å². The van der Waals surface area contributed by atoms with Crippen molar-refractivity contribution in [3.63, 3.8) is 0 Å². The van der Waals surface area contributed by atoms with Crippen molar-refractivity contribution in [1.82, 2.24) is 10.6 Å². The summed E-state index contributed by atoms with van der Waals surface area (Å²) in [5.41, 5.74) is 0.491. The number of hydrogen-bond donors (Lipinski definition) is 2. The van der Waals surface area contributed by atoms with Gasteiger partial charge in [0.2, 0.25) is 5.91 Å². The van der Waals surface area contributed by atoms with Gasteiger partial charge in [0.15, 0.2) is 0 Å². The van der Waals surface area contributed by atoms with Crippen LogP contribution < -0.4 is 10.6 Å². The van der Waals surface area contributed by atoms with E-state index in [0.29, 0.717) is 5.75 Å². The van der Waals surface area contributed by atoms with Crippen molar-refractivity contribution in [3.05, 3.63) is 35.9 Å². The highest BCUT2D eigenvalue weighted by Crippen LogP contribution is 2.13. The summed E-state index contributed by atoms with van der Waals surface area (Å²) in [5.74, 6) is 0.701. The zero-order chi connectivity index (χ0) is 18.0. The fraction of sp³-hybridized carbons (Fsp3) is 0.471. The number of alkyl carbamates (subject to hydrolysis) is 1. The minimum absolute atomic E-state index is 0.102. The molecule has 0 saturated heterocycles. The topological polar surface area (TPSA) is 91.2 Å². The SMILES string of the molecule is CC(C)(C)OC(=O)N[C@@H](CSCc1ccccc1)C(=O)NCC#N. The first-order chi connectivity index (χ1) is 11.3. The Morgan fingerprint density at radius 3 is 2.54 bits per heavy atom. The lowest BCUT2D eigenvalue weighted by molar-refractivity contribution is -0.122. The number of nitrogens with zero attached hydrogens (tertiary/aromatic N) is 1. The van der Waals surface area contributed by atoms with Crippen molar-refractivity contribution < 1.29 is 14.3 Å². The molecule has 0 saturated carbocycles. The van der Waals surface area contributed by atoms with E-state index in [9.17, 15) is 9.59 Å². The highest BCUT2D eigenvalue weighted by Gasteiger charge is 2.24. The van der Waals surface area contributed by atoms with Crippen LogP contribution in [0.2, 0.25) is 0 Å². The van der Waals surface area contributed by atoms with Crippen LogP contribution in [0.5, 0.6) is 0 Å². The van der Waals surface area contributed by atoms with Crippen molar-refractivity contribution in [2.24, 2.45) is 0 Å². The number of benzene rings is 1. The lowest BCUT2D eigenvalue weighted by Gasteiger charge is -2.23. The van der Waals surface area contributed by atoms with Gasteiger partial charge in [0.05, 0.1) is 6.07 Å². The molecule has 0 fully saturated rings. The van der Waals surface area contributed by atoms with Crippen LogP contribution >= 0.6 is 11.8 Å². The standard InChI is InChI=1S/C17H23N3O3S/c1-17(2,3)23-16(22)20-14(15(21)19-10-9-18)12-24-11-13-7-5-4-6-8-13/h4-8,14H,10-12H2,1-3H3,(H,19,21)(H,20,22)/t14-/m0/s1. The third kappa shape index (κ3) is 8.44. The Morgan fingerprint density at radius 1 is 1.29 bits per heavy atom. The van der Waals surface area contributed by atoms with Crippen LogP contribution in [0.25, 0.3) is 0 Å². The molecule has 0 aliphatic carbocycles. The molecule has 7 heteroatoms. The number of amides is 2. The summed E-state index contributed by atoms with van der Waals surface area (Å²) in [7, 11) is 0.